The number of nitrogens with zero attached hydrogens (tertiary/aromatic N) is 3. The highest BCUT2D eigenvalue weighted by molar-refractivity contribution is 5.98. The van der Waals surface area contributed by atoms with Crippen molar-refractivity contribution in [1.29, 1.82) is 0 Å². The molecule has 0 unspecified atom stereocenters. The van der Waals surface area contributed by atoms with Gasteiger partial charge in [-0.3, -0.25) is 29.0 Å². The molecule has 1 aromatic heterocycles. The zero-order chi connectivity index (χ0) is 29.2. The summed E-state index contributed by atoms with van der Waals surface area (Å²) in [6.07, 6.45) is 3.63. The van der Waals surface area contributed by atoms with Crippen molar-refractivity contribution in [3.8, 4) is 0 Å². The number of hydrogen-bond acceptors (Lipinski definition) is 6. The number of nitrogens with one attached hydrogen (secondary N) is 3. The predicted molar refractivity (Wildman–Crippen MR) is 149 cm³/mol. The zero-order valence-electron chi connectivity index (χ0n) is 23.4. The molecule has 3 rings (SSSR count). The fraction of sp³-hybridized carbons (Fsp3) is 0.448. The second-order valence-corrected chi connectivity index (χ2v) is 10.3. The molecule has 11 nitrogen and oxygen atoms in total. The van der Waals surface area contributed by atoms with Crippen LogP contribution >= 0.6 is 0 Å². The van der Waals surface area contributed by atoms with Gasteiger partial charge in [-0.25, -0.2) is 0 Å². The van der Waals surface area contributed by atoms with E-state index in [4.69, 9.17) is 0 Å². The van der Waals surface area contributed by atoms with Gasteiger partial charge in [0.05, 0.1) is 6.54 Å². The van der Waals surface area contributed by atoms with Gasteiger partial charge in [0.2, 0.25) is 23.6 Å². The van der Waals surface area contributed by atoms with Gasteiger partial charge in [-0.05, 0) is 37.0 Å². The van der Waals surface area contributed by atoms with E-state index in [0.717, 1.165) is 5.56 Å². The molecule has 11 heteroatoms. The van der Waals surface area contributed by atoms with E-state index in [1.54, 1.807) is 32.9 Å². The molecule has 5 amide bonds. The largest absolute Gasteiger partial charge is 0.354 e. The topological polar surface area (TPSA) is 141 Å². The van der Waals surface area contributed by atoms with Crippen molar-refractivity contribution in [2.24, 2.45) is 5.92 Å². The Bertz CT molecular complexity index is 1190. The normalized spacial score (nSPS) is 22.0. The Morgan fingerprint density at radius 3 is 2.33 bits per heavy atom. The molecule has 2 aromatic rings. The molecule has 0 spiro atoms. The summed E-state index contributed by atoms with van der Waals surface area (Å²) in [5, 5.41) is 8.38. The van der Waals surface area contributed by atoms with Crippen LogP contribution in [0.3, 0.4) is 0 Å². The van der Waals surface area contributed by atoms with Crippen molar-refractivity contribution in [2.45, 2.75) is 51.7 Å². The van der Waals surface area contributed by atoms with Crippen LogP contribution in [0, 0.1) is 5.92 Å². The van der Waals surface area contributed by atoms with Gasteiger partial charge in [0, 0.05) is 44.5 Å². The summed E-state index contributed by atoms with van der Waals surface area (Å²) >= 11 is 0. The molecule has 0 bridgehead atoms. The first-order valence-corrected chi connectivity index (χ1v) is 13.5. The molecule has 214 valence electrons. The van der Waals surface area contributed by atoms with Crippen LogP contribution in [0.4, 0.5) is 0 Å². The van der Waals surface area contributed by atoms with Crippen LogP contribution in [-0.2, 0) is 25.6 Å². The molecular formula is C29H38N6O5. The molecule has 1 aliphatic rings. The lowest BCUT2D eigenvalue weighted by atomic mass is 10.0. The summed E-state index contributed by atoms with van der Waals surface area (Å²) in [6, 6.07) is 9.77. The molecule has 0 radical (unpaired) electrons. The molecule has 3 atom stereocenters. The number of amides is 5. The van der Waals surface area contributed by atoms with Gasteiger partial charge in [-0.15, -0.1) is 0 Å². The Morgan fingerprint density at radius 1 is 1.00 bits per heavy atom. The van der Waals surface area contributed by atoms with Gasteiger partial charge in [-0.2, -0.15) is 0 Å². The summed E-state index contributed by atoms with van der Waals surface area (Å²) in [7, 11) is 1.47. The molecule has 0 saturated carbocycles. The minimum absolute atomic E-state index is 0.173. The van der Waals surface area contributed by atoms with E-state index < -0.39 is 35.8 Å². The fourth-order valence-corrected chi connectivity index (χ4v) is 4.47. The van der Waals surface area contributed by atoms with E-state index in [0.29, 0.717) is 12.0 Å². The van der Waals surface area contributed by atoms with E-state index in [2.05, 4.69) is 20.9 Å². The molecule has 2 heterocycles. The Kier molecular flexibility index (Phi) is 10.7. The van der Waals surface area contributed by atoms with Crippen molar-refractivity contribution in [2.75, 3.05) is 26.7 Å². The number of benzene rings is 1. The molecule has 1 saturated heterocycles. The van der Waals surface area contributed by atoms with Crippen LogP contribution in [0.15, 0.2) is 54.9 Å². The van der Waals surface area contributed by atoms with Crippen molar-refractivity contribution in [3.63, 3.8) is 0 Å². The van der Waals surface area contributed by atoms with Gasteiger partial charge in [0.25, 0.3) is 5.91 Å². The van der Waals surface area contributed by atoms with Crippen molar-refractivity contribution >= 4 is 29.5 Å². The second kappa shape index (κ2) is 14.2. The monoisotopic (exact) mass is 550 g/mol. The van der Waals surface area contributed by atoms with Crippen LogP contribution in [0.25, 0.3) is 0 Å². The van der Waals surface area contributed by atoms with Crippen LogP contribution in [0.1, 0.15) is 43.1 Å². The molecular weight excluding hydrogens is 512 g/mol. The molecule has 1 aromatic carbocycles. The maximum Gasteiger partial charge on any atom is 0.254 e. The highest BCUT2D eigenvalue weighted by Crippen LogP contribution is 2.12. The summed E-state index contributed by atoms with van der Waals surface area (Å²) in [5.74, 6) is -2.46. The third kappa shape index (κ3) is 8.11. The lowest BCUT2D eigenvalue weighted by Crippen LogP contribution is -2.57. The molecule has 1 aliphatic heterocycles. The van der Waals surface area contributed by atoms with Crippen LogP contribution in [-0.4, -0.2) is 89.1 Å². The number of aromatic nitrogens is 1. The summed E-state index contributed by atoms with van der Waals surface area (Å²) in [6.45, 7) is 5.29. The minimum Gasteiger partial charge on any atom is -0.354 e. The van der Waals surface area contributed by atoms with Crippen LogP contribution in [0.5, 0.6) is 0 Å². The van der Waals surface area contributed by atoms with Gasteiger partial charge < -0.3 is 25.8 Å². The first-order chi connectivity index (χ1) is 19.1. The quantitative estimate of drug-likeness (QED) is 0.513. The Labute approximate surface area is 234 Å². The molecule has 1 fully saturated rings. The maximum atomic E-state index is 13.4. The minimum atomic E-state index is -0.915. The number of carbonyl (C=O) groups excluding carboxylic acids is 5. The third-order valence-electron chi connectivity index (χ3n) is 6.83. The lowest BCUT2D eigenvalue weighted by Gasteiger charge is -2.32. The van der Waals surface area contributed by atoms with Gasteiger partial charge in [0.1, 0.15) is 18.1 Å². The maximum absolute atomic E-state index is 13.4. The summed E-state index contributed by atoms with van der Waals surface area (Å²) in [4.78, 5) is 72.7. The number of pyridine rings is 1. The van der Waals surface area contributed by atoms with Gasteiger partial charge in [-0.1, -0.05) is 44.2 Å². The number of carbonyl (C=O) groups is 5. The van der Waals surface area contributed by atoms with Gasteiger partial charge in [0.15, 0.2) is 0 Å². The Balaban J connectivity index is 1.89. The highest BCUT2D eigenvalue weighted by atomic mass is 16.2. The highest BCUT2D eigenvalue weighted by Gasteiger charge is 2.33. The van der Waals surface area contributed by atoms with Crippen molar-refractivity contribution < 1.29 is 24.0 Å². The van der Waals surface area contributed by atoms with E-state index in [1.807, 2.05) is 30.3 Å². The van der Waals surface area contributed by atoms with E-state index in [1.165, 1.54) is 29.2 Å². The average Bonchev–Trinajstić information content (AvgIpc) is 2.94. The average molecular weight is 551 g/mol. The number of rotatable bonds is 4. The van der Waals surface area contributed by atoms with E-state index in [-0.39, 0.29) is 43.8 Å². The first kappa shape index (κ1) is 30.3. The lowest BCUT2D eigenvalue weighted by molar-refractivity contribution is -0.140. The zero-order valence-corrected chi connectivity index (χ0v) is 23.4. The van der Waals surface area contributed by atoms with Crippen LogP contribution in [0.2, 0.25) is 0 Å². The SMILES string of the molecule is CC(C)[C@@H]1NC(=O)[C@@H](C)N(C(=O)c2ccncc2)CCCNC(=O)[C@H](Cc2ccccc2)NC(=O)CN(C)C1=O. The van der Waals surface area contributed by atoms with E-state index >= 15 is 0 Å². The number of likely N-dealkylation sites (N-methyl/N-ethyl adjacent to an activating group) is 1. The standard InChI is InChI=1S/C29H38N6O5/c1-19(2)25-29(40)34(4)18-24(36)32-23(17-21-9-6-5-7-10-21)27(38)31-13-8-16-35(20(3)26(37)33-25)28(39)22-11-14-30-15-12-22/h5-7,9-12,14-15,19-20,23,25H,8,13,16-18H2,1-4H3,(H,31,38)(H,32,36)(H,33,37)/t20-,23+,25+/m1/s1. The Hall–Kier alpha value is -4.28. The molecule has 0 aliphatic carbocycles. The molecule has 40 heavy (non-hydrogen) atoms. The first-order valence-electron chi connectivity index (χ1n) is 13.5. The predicted octanol–water partition coefficient (Wildman–Crippen LogP) is 0.759. The molecule has 3 N–H and O–H groups in total. The number of hydrogen-bond donors (Lipinski definition) is 3. The Morgan fingerprint density at radius 2 is 1.68 bits per heavy atom. The second-order valence-electron chi connectivity index (χ2n) is 10.3. The van der Waals surface area contributed by atoms with Crippen molar-refractivity contribution in [1.82, 2.24) is 30.7 Å². The van der Waals surface area contributed by atoms with E-state index in [9.17, 15) is 24.0 Å². The smallest absolute Gasteiger partial charge is 0.254 e. The van der Waals surface area contributed by atoms with Crippen molar-refractivity contribution in [3.05, 3.63) is 66.0 Å². The summed E-state index contributed by atoms with van der Waals surface area (Å²) in [5.41, 5.74) is 1.24. The van der Waals surface area contributed by atoms with Crippen LogP contribution < -0.4 is 16.0 Å². The third-order valence-corrected chi connectivity index (χ3v) is 6.83. The summed E-state index contributed by atoms with van der Waals surface area (Å²) < 4.78 is 0. The fourth-order valence-electron chi connectivity index (χ4n) is 4.47. The van der Waals surface area contributed by atoms with Gasteiger partial charge >= 0.3 is 0 Å².